The number of anilines is 1. The number of pyridine rings is 1. The number of benzene rings is 3. The first-order valence-electron chi connectivity index (χ1n) is 11.6. The quantitative estimate of drug-likeness (QED) is 0.191. The van der Waals surface area contributed by atoms with Crippen molar-refractivity contribution in [3.05, 3.63) is 105 Å². The van der Waals surface area contributed by atoms with Crippen LogP contribution in [0.4, 0.5) is 11.4 Å². The summed E-state index contributed by atoms with van der Waals surface area (Å²) in [5, 5.41) is 20.0. The average Bonchev–Trinajstić information content (AvgIpc) is 3.23. The monoisotopic (exact) mass is 527 g/mol. The van der Waals surface area contributed by atoms with Crippen molar-refractivity contribution in [2.24, 2.45) is 7.05 Å². The molecule has 2 aromatic heterocycles. The fourth-order valence-electron chi connectivity index (χ4n) is 4.19. The number of aromatic nitrogens is 3. The van der Waals surface area contributed by atoms with Gasteiger partial charge in [0, 0.05) is 41.3 Å². The highest BCUT2D eigenvalue weighted by molar-refractivity contribution is 6.31. The van der Waals surface area contributed by atoms with Gasteiger partial charge in [-0.1, -0.05) is 29.8 Å². The van der Waals surface area contributed by atoms with Crippen LogP contribution in [0.3, 0.4) is 0 Å². The molecule has 9 nitrogen and oxygen atoms in total. The Labute approximate surface area is 222 Å². The van der Waals surface area contributed by atoms with Crippen LogP contribution in [0.2, 0.25) is 5.02 Å². The zero-order valence-electron chi connectivity index (χ0n) is 20.7. The highest BCUT2D eigenvalue weighted by Gasteiger charge is 2.18. The standard InChI is InChI=1S/C28H22ClN5O4/c1-16-10-20(8-9-25(16)29)38-21-12-18(11-19(13-21)34(36)37)30-28(35)23-14-27(24-15-33(3)32-17(24)2)31-26-7-5-4-6-22(23)26/h4-15H,1-3H3,(H,30,35). The van der Waals surface area contributed by atoms with Gasteiger partial charge < -0.3 is 10.1 Å². The van der Waals surface area contributed by atoms with Crippen molar-refractivity contribution in [2.75, 3.05) is 5.32 Å². The predicted molar refractivity (Wildman–Crippen MR) is 146 cm³/mol. The Morgan fingerprint density at radius 1 is 1.05 bits per heavy atom. The number of ether oxygens (including phenoxy) is 1. The first-order valence-corrected chi connectivity index (χ1v) is 12.0. The third kappa shape index (κ3) is 5.05. The van der Waals surface area contributed by atoms with E-state index >= 15 is 0 Å². The number of carbonyl (C=O) groups is 1. The molecular formula is C28H22ClN5O4. The number of hydrogen-bond donors (Lipinski definition) is 1. The molecule has 0 saturated carbocycles. The average molecular weight is 528 g/mol. The Hall–Kier alpha value is -4.76. The van der Waals surface area contributed by atoms with Gasteiger partial charge in [-0.15, -0.1) is 0 Å². The fraction of sp³-hybridized carbons (Fsp3) is 0.107. The van der Waals surface area contributed by atoms with Crippen LogP contribution in [0.25, 0.3) is 22.2 Å². The van der Waals surface area contributed by atoms with Gasteiger partial charge in [-0.2, -0.15) is 5.10 Å². The van der Waals surface area contributed by atoms with E-state index in [0.29, 0.717) is 32.9 Å². The summed E-state index contributed by atoms with van der Waals surface area (Å²) >= 11 is 6.09. The molecule has 5 aromatic rings. The normalized spacial score (nSPS) is 10.9. The number of carbonyl (C=O) groups excluding carboxylic acids is 1. The summed E-state index contributed by atoms with van der Waals surface area (Å²) < 4.78 is 7.55. The van der Waals surface area contributed by atoms with Crippen molar-refractivity contribution in [3.63, 3.8) is 0 Å². The molecule has 0 aliphatic rings. The predicted octanol–water partition coefficient (Wildman–Crippen LogP) is 6.86. The maximum atomic E-state index is 13.5. The minimum Gasteiger partial charge on any atom is -0.457 e. The van der Waals surface area contributed by atoms with Gasteiger partial charge in [0.05, 0.1) is 39.1 Å². The second-order valence-electron chi connectivity index (χ2n) is 8.81. The van der Waals surface area contributed by atoms with Gasteiger partial charge in [0.25, 0.3) is 11.6 Å². The summed E-state index contributed by atoms with van der Waals surface area (Å²) in [4.78, 5) is 29.4. The van der Waals surface area contributed by atoms with E-state index in [1.165, 1.54) is 18.2 Å². The molecule has 190 valence electrons. The highest BCUT2D eigenvalue weighted by atomic mass is 35.5. The number of nitrogens with one attached hydrogen (secondary N) is 1. The Bertz CT molecular complexity index is 1730. The van der Waals surface area contributed by atoms with Gasteiger partial charge in [0.15, 0.2) is 0 Å². The SMILES string of the molecule is Cc1cc(Oc2cc(NC(=O)c3cc(-c4cn(C)nc4C)nc4ccccc34)cc([N+](=O)[O-])c2)ccc1Cl. The molecule has 0 atom stereocenters. The number of amides is 1. The third-order valence-corrected chi connectivity index (χ3v) is 6.40. The molecule has 3 aromatic carbocycles. The molecule has 38 heavy (non-hydrogen) atoms. The number of non-ortho nitro benzene ring substituents is 1. The lowest BCUT2D eigenvalue weighted by molar-refractivity contribution is -0.384. The van der Waals surface area contributed by atoms with Crippen LogP contribution in [0, 0.1) is 24.0 Å². The van der Waals surface area contributed by atoms with Crippen LogP contribution in [-0.4, -0.2) is 25.6 Å². The highest BCUT2D eigenvalue weighted by Crippen LogP contribution is 2.32. The number of nitrogens with zero attached hydrogens (tertiary/aromatic N) is 4. The smallest absolute Gasteiger partial charge is 0.275 e. The second-order valence-corrected chi connectivity index (χ2v) is 9.22. The lowest BCUT2D eigenvalue weighted by Gasteiger charge is -2.12. The topological polar surface area (TPSA) is 112 Å². The number of aryl methyl sites for hydroxylation is 3. The van der Waals surface area contributed by atoms with Crippen LogP contribution in [0.15, 0.2) is 72.9 Å². The van der Waals surface area contributed by atoms with Crippen LogP contribution < -0.4 is 10.1 Å². The van der Waals surface area contributed by atoms with E-state index in [2.05, 4.69) is 10.4 Å². The fourth-order valence-corrected chi connectivity index (χ4v) is 4.30. The molecule has 5 rings (SSSR count). The Morgan fingerprint density at radius 3 is 2.55 bits per heavy atom. The van der Waals surface area contributed by atoms with Crippen LogP contribution in [0.5, 0.6) is 11.5 Å². The van der Waals surface area contributed by atoms with Crippen molar-refractivity contribution in [1.29, 1.82) is 0 Å². The third-order valence-electron chi connectivity index (χ3n) is 5.98. The van der Waals surface area contributed by atoms with Crippen molar-refractivity contribution in [2.45, 2.75) is 13.8 Å². The lowest BCUT2D eigenvalue weighted by atomic mass is 10.0. The largest absolute Gasteiger partial charge is 0.457 e. The lowest BCUT2D eigenvalue weighted by Crippen LogP contribution is -2.13. The van der Waals surface area contributed by atoms with Crippen LogP contribution in [-0.2, 0) is 7.05 Å². The molecule has 10 heteroatoms. The summed E-state index contributed by atoms with van der Waals surface area (Å²) in [6, 6.07) is 18.2. The molecule has 1 N–H and O–H groups in total. The number of para-hydroxylation sites is 1. The molecule has 0 saturated heterocycles. The summed E-state index contributed by atoms with van der Waals surface area (Å²) in [6.07, 6.45) is 1.84. The van der Waals surface area contributed by atoms with Crippen LogP contribution in [0.1, 0.15) is 21.6 Å². The second kappa shape index (κ2) is 9.95. The van der Waals surface area contributed by atoms with E-state index < -0.39 is 10.8 Å². The molecule has 0 fully saturated rings. The van der Waals surface area contributed by atoms with E-state index in [9.17, 15) is 14.9 Å². The first-order chi connectivity index (χ1) is 18.2. The molecule has 0 unspecified atom stereocenters. The molecule has 0 bridgehead atoms. The van der Waals surface area contributed by atoms with Gasteiger partial charge in [-0.05, 0) is 49.7 Å². The summed E-state index contributed by atoms with van der Waals surface area (Å²) in [5.41, 5.74) is 3.97. The van der Waals surface area contributed by atoms with E-state index in [4.69, 9.17) is 21.3 Å². The number of fused-ring (bicyclic) bond motifs is 1. The molecule has 0 aliphatic carbocycles. The molecule has 0 aliphatic heterocycles. The van der Waals surface area contributed by atoms with Crippen LogP contribution >= 0.6 is 11.6 Å². The van der Waals surface area contributed by atoms with Crippen molar-refractivity contribution < 1.29 is 14.5 Å². The minimum atomic E-state index is -0.541. The summed E-state index contributed by atoms with van der Waals surface area (Å²) in [5.74, 6) is 0.212. The minimum absolute atomic E-state index is 0.197. The Kier molecular flexibility index (Phi) is 6.52. The number of nitro groups is 1. The molecule has 1 amide bonds. The maximum Gasteiger partial charge on any atom is 0.275 e. The molecule has 2 heterocycles. The Morgan fingerprint density at radius 2 is 1.84 bits per heavy atom. The van der Waals surface area contributed by atoms with Gasteiger partial charge in [-0.3, -0.25) is 19.6 Å². The van der Waals surface area contributed by atoms with Gasteiger partial charge in [-0.25, -0.2) is 4.98 Å². The number of hydrogen-bond acceptors (Lipinski definition) is 6. The molecule has 0 radical (unpaired) electrons. The van der Waals surface area contributed by atoms with E-state index in [-0.39, 0.29) is 17.1 Å². The Balaban J connectivity index is 1.53. The van der Waals surface area contributed by atoms with E-state index in [1.807, 2.05) is 51.4 Å². The van der Waals surface area contributed by atoms with Gasteiger partial charge >= 0.3 is 0 Å². The van der Waals surface area contributed by atoms with E-state index in [0.717, 1.165) is 16.8 Å². The number of rotatable bonds is 6. The van der Waals surface area contributed by atoms with Crippen molar-refractivity contribution in [3.8, 4) is 22.8 Å². The summed E-state index contributed by atoms with van der Waals surface area (Å²) in [6.45, 7) is 3.70. The zero-order chi connectivity index (χ0) is 27.0. The number of nitro benzene ring substituents is 1. The first kappa shape index (κ1) is 24.9. The maximum absolute atomic E-state index is 13.5. The molecular weight excluding hydrogens is 506 g/mol. The van der Waals surface area contributed by atoms with Gasteiger partial charge in [0.2, 0.25) is 0 Å². The van der Waals surface area contributed by atoms with E-state index in [1.54, 1.807) is 28.9 Å². The van der Waals surface area contributed by atoms with Crippen molar-refractivity contribution >= 4 is 39.8 Å². The number of halogens is 1. The zero-order valence-corrected chi connectivity index (χ0v) is 21.5. The van der Waals surface area contributed by atoms with Gasteiger partial charge in [0.1, 0.15) is 11.5 Å². The van der Waals surface area contributed by atoms with Crippen molar-refractivity contribution in [1.82, 2.24) is 14.8 Å². The molecule has 0 spiro atoms. The summed E-state index contributed by atoms with van der Waals surface area (Å²) in [7, 11) is 1.82.